The molecule has 0 bridgehead atoms. The Morgan fingerprint density at radius 3 is 2.08 bits per heavy atom. The zero-order chi connectivity index (χ0) is 27.9. The molecule has 0 aliphatic heterocycles. The summed E-state index contributed by atoms with van der Waals surface area (Å²) < 4.78 is 0. The molecule has 38 heavy (non-hydrogen) atoms. The van der Waals surface area contributed by atoms with Gasteiger partial charge in [0.25, 0.3) is 5.91 Å². The Kier molecular flexibility index (Phi) is 12.2. The van der Waals surface area contributed by atoms with Crippen LogP contribution in [0.25, 0.3) is 0 Å². The van der Waals surface area contributed by atoms with Crippen molar-refractivity contribution in [1.29, 1.82) is 0 Å². The third-order valence-corrected chi connectivity index (χ3v) is 5.60. The molecule has 0 saturated heterocycles. The number of carbonyl (C=O) groups excluding carboxylic acids is 4. The van der Waals surface area contributed by atoms with Crippen LogP contribution in [0.1, 0.15) is 52.8 Å². The van der Waals surface area contributed by atoms with E-state index >= 15 is 0 Å². The summed E-state index contributed by atoms with van der Waals surface area (Å²) >= 11 is 0. The largest absolute Gasteiger partial charge is 0.370 e. The SMILES string of the molecule is NCCCC[C@H](NC(=O)[C@H](CCCN=C(N)N)NC(=O)c1ccccc1)C(=O)Nc1cccc(C(N)=O)c1. The molecule has 12 heteroatoms. The van der Waals surface area contributed by atoms with Crippen LogP contribution in [0, 0.1) is 0 Å². The fourth-order valence-corrected chi connectivity index (χ4v) is 3.62. The predicted octanol–water partition coefficient (Wildman–Crippen LogP) is 0.190. The number of benzene rings is 2. The number of primary amides is 1. The van der Waals surface area contributed by atoms with Gasteiger partial charge in [0.1, 0.15) is 12.1 Å². The topological polar surface area (TPSA) is 221 Å². The number of anilines is 1. The molecule has 0 fully saturated rings. The lowest BCUT2D eigenvalue weighted by atomic mass is 10.1. The maximum Gasteiger partial charge on any atom is 0.251 e. The molecular weight excluding hydrogens is 488 g/mol. The average molecular weight is 525 g/mol. The minimum atomic E-state index is -0.945. The molecule has 204 valence electrons. The van der Waals surface area contributed by atoms with Crippen LogP contribution in [-0.2, 0) is 9.59 Å². The molecule has 2 rings (SSSR count). The number of guanidine groups is 1. The van der Waals surface area contributed by atoms with Crippen molar-refractivity contribution in [2.45, 2.75) is 44.2 Å². The standard InChI is InChI=1S/C26H36N8O4/c27-14-5-4-12-20(24(37)32-19-11-6-10-18(16-19)22(28)35)34-25(38)21(13-7-15-31-26(29)30)33-23(36)17-8-2-1-3-9-17/h1-3,6,8-11,16,20-21H,4-5,7,12-15,27H2,(H2,28,35)(H,32,37)(H,33,36)(H,34,38)(H4,29,30,31)/t20-,21-/m0/s1. The average Bonchev–Trinajstić information content (AvgIpc) is 2.90. The monoisotopic (exact) mass is 524 g/mol. The van der Waals surface area contributed by atoms with Gasteiger partial charge in [-0.1, -0.05) is 24.3 Å². The van der Waals surface area contributed by atoms with Crippen molar-refractivity contribution in [2.24, 2.45) is 27.9 Å². The second-order valence-electron chi connectivity index (χ2n) is 8.62. The highest BCUT2D eigenvalue weighted by Crippen LogP contribution is 2.13. The Hall–Kier alpha value is -4.45. The van der Waals surface area contributed by atoms with Crippen LogP contribution < -0.4 is 38.9 Å². The number of unbranched alkanes of at least 4 members (excludes halogenated alkanes) is 1. The predicted molar refractivity (Wildman–Crippen MR) is 146 cm³/mol. The van der Waals surface area contributed by atoms with E-state index in [9.17, 15) is 19.2 Å². The minimum Gasteiger partial charge on any atom is -0.370 e. The van der Waals surface area contributed by atoms with Gasteiger partial charge in [0, 0.05) is 23.4 Å². The number of hydrogen-bond acceptors (Lipinski definition) is 6. The quantitative estimate of drug-likeness (QED) is 0.0972. The molecule has 0 saturated carbocycles. The summed E-state index contributed by atoms with van der Waals surface area (Å²) in [7, 11) is 0. The maximum absolute atomic E-state index is 13.3. The number of carbonyl (C=O) groups is 4. The van der Waals surface area contributed by atoms with Crippen molar-refractivity contribution in [2.75, 3.05) is 18.4 Å². The Morgan fingerprint density at radius 1 is 0.763 bits per heavy atom. The molecule has 11 N–H and O–H groups in total. The summed E-state index contributed by atoms with van der Waals surface area (Å²) in [5.41, 5.74) is 22.6. The number of nitrogens with two attached hydrogens (primary N) is 4. The van der Waals surface area contributed by atoms with Crippen molar-refractivity contribution < 1.29 is 19.2 Å². The van der Waals surface area contributed by atoms with Crippen LogP contribution in [0.2, 0.25) is 0 Å². The van der Waals surface area contributed by atoms with E-state index in [1.165, 1.54) is 12.1 Å². The highest BCUT2D eigenvalue weighted by molar-refractivity contribution is 6.01. The zero-order valence-corrected chi connectivity index (χ0v) is 21.2. The maximum atomic E-state index is 13.3. The highest BCUT2D eigenvalue weighted by Gasteiger charge is 2.27. The first kappa shape index (κ1) is 29.8. The lowest BCUT2D eigenvalue weighted by molar-refractivity contribution is -0.128. The molecule has 0 radical (unpaired) electrons. The number of nitrogens with zero attached hydrogens (tertiary/aromatic N) is 1. The molecule has 0 aliphatic carbocycles. The van der Waals surface area contributed by atoms with E-state index < -0.39 is 35.7 Å². The Labute approximate surface area is 221 Å². The Balaban J connectivity index is 2.18. The summed E-state index contributed by atoms with van der Waals surface area (Å²) in [6, 6.07) is 12.8. The summed E-state index contributed by atoms with van der Waals surface area (Å²) in [4.78, 5) is 54.6. The van der Waals surface area contributed by atoms with E-state index in [0.29, 0.717) is 43.5 Å². The molecule has 0 unspecified atom stereocenters. The van der Waals surface area contributed by atoms with Crippen molar-refractivity contribution >= 4 is 35.3 Å². The normalized spacial score (nSPS) is 12.0. The molecule has 0 aliphatic rings. The van der Waals surface area contributed by atoms with Crippen LogP contribution in [-0.4, -0.2) is 54.8 Å². The molecule has 2 atom stereocenters. The van der Waals surface area contributed by atoms with Gasteiger partial charge in [-0.15, -0.1) is 0 Å². The Bertz CT molecular complexity index is 1120. The van der Waals surface area contributed by atoms with Crippen molar-refractivity contribution in [3.8, 4) is 0 Å². The molecule has 0 aromatic heterocycles. The van der Waals surface area contributed by atoms with Gasteiger partial charge >= 0.3 is 0 Å². The fraction of sp³-hybridized carbons (Fsp3) is 0.346. The summed E-state index contributed by atoms with van der Waals surface area (Å²) in [6.45, 7) is 0.702. The van der Waals surface area contributed by atoms with Gasteiger partial charge in [0.05, 0.1) is 0 Å². The van der Waals surface area contributed by atoms with Crippen LogP contribution >= 0.6 is 0 Å². The number of aliphatic imine (C=N–C) groups is 1. The van der Waals surface area contributed by atoms with Crippen LogP contribution in [0.5, 0.6) is 0 Å². The summed E-state index contributed by atoms with van der Waals surface area (Å²) in [6.07, 6.45) is 2.21. The van der Waals surface area contributed by atoms with Crippen molar-refractivity contribution in [1.82, 2.24) is 10.6 Å². The van der Waals surface area contributed by atoms with E-state index in [4.69, 9.17) is 22.9 Å². The highest BCUT2D eigenvalue weighted by atomic mass is 16.2. The van der Waals surface area contributed by atoms with Gasteiger partial charge in [0.15, 0.2) is 5.96 Å². The first-order valence-electron chi connectivity index (χ1n) is 12.3. The molecule has 12 nitrogen and oxygen atoms in total. The number of amides is 4. The minimum absolute atomic E-state index is 0.0728. The Morgan fingerprint density at radius 2 is 1.42 bits per heavy atom. The lowest BCUT2D eigenvalue weighted by Gasteiger charge is -2.23. The molecule has 0 spiro atoms. The number of nitrogens with one attached hydrogen (secondary N) is 3. The summed E-state index contributed by atoms with van der Waals surface area (Å²) in [5, 5.41) is 8.21. The number of hydrogen-bond donors (Lipinski definition) is 7. The zero-order valence-electron chi connectivity index (χ0n) is 21.2. The van der Waals surface area contributed by atoms with Gasteiger partial charge in [-0.3, -0.25) is 24.2 Å². The molecular formula is C26H36N8O4. The smallest absolute Gasteiger partial charge is 0.251 e. The molecule has 4 amide bonds. The van der Waals surface area contributed by atoms with E-state index in [2.05, 4.69) is 20.9 Å². The van der Waals surface area contributed by atoms with Crippen molar-refractivity contribution in [3.63, 3.8) is 0 Å². The molecule has 2 aromatic rings. The first-order chi connectivity index (χ1) is 18.2. The van der Waals surface area contributed by atoms with Crippen LogP contribution in [0.4, 0.5) is 5.69 Å². The van der Waals surface area contributed by atoms with Gasteiger partial charge in [-0.05, 0) is 69.0 Å². The lowest BCUT2D eigenvalue weighted by Crippen LogP contribution is -2.52. The van der Waals surface area contributed by atoms with Crippen LogP contribution in [0.15, 0.2) is 59.6 Å². The van der Waals surface area contributed by atoms with E-state index in [-0.39, 0.29) is 24.5 Å². The van der Waals surface area contributed by atoms with Gasteiger partial charge in [0.2, 0.25) is 17.7 Å². The number of rotatable bonds is 15. The van der Waals surface area contributed by atoms with Gasteiger partial charge in [-0.25, -0.2) is 0 Å². The van der Waals surface area contributed by atoms with Crippen LogP contribution in [0.3, 0.4) is 0 Å². The third-order valence-electron chi connectivity index (χ3n) is 5.60. The van der Waals surface area contributed by atoms with E-state index in [1.807, 2.05) is 0 Å². The summed E-state index contributed by atoms with van der Waals surface area (Å²) in [5.74, 6) is -2.15. The van der Waals surface area contributed by atoms with Gasteiger partial charge < -0.3 is 38.9 Å². The van der Waals surface area contributed by atoms with E-state index in [0.717, 1.165) is 0 Å². The second kappa shape index (κ2) is 15.6. The second-order valence-corrected chi connectivity index (χ2v) is 8.62. The fourth-order valence-electron chi connectivity index (χ4n) is 3.62. The van der Waals surface area contributed by atoms with E-state index in [1.54, 1.807) is 42.5 Å². The first-order valence-corrected chi connectivity index (χ1v) is 12.3. The van der Waals surface area contributed by atoms with Gasteiger partial charge in [-0.2, -0.15) is 0 Å². The molecule has 2 aromatic carbocycles. The molecule has 0 heterocycles. The van der Waals surface area contributed by atoms with Crippen molar-refractivity contribution in [3.05, 3.63) is 65.7 Å². The third kappa shape index (κ3) is 10.3.